The lowest BCUT2D eigenvalue weighted by molar-refractivity contribution is -0.121. The molecular formula is C10H14N4O. The van der Waals surface area contributed by atoms with Gasteiger partial charge >= 0.3 is 0 Å². The topological polar surface area (TPSA) is 73.8 Å². The smallest absolute Gasteiger partial charge is 0.147 e. The molecule has 0 aliphatic heterocycles. The van der Waals surface area contributed by atoms with Gasteiger partial charge in [0, 0.05) is 19.0 Å². The van der Waals surface area contributed by atoms with Crippen molar-refractivity contribution in [3.63, 3.8) is 0 Å². The Hall–Kier alpha value is -1.49. The van der Waals surface area contributed by atoms with Gasteiger partial charge in [0.15, 0.2) is 0 Å². The number of hydrogen-bond acceptors (Lipinski definition) is 4. The standard InChI is InChI=1S/C10H14N4O/c1-14-10(12-6-13-14)5-9(15)7-2-3-8(11)4-7/h2-3,6-8H,4-5,11H2,1H3. The van der Waals surface area contributed by atoms with Crippen molar-refractivity contribution in [2.45, 2.75) is 18.9 Å². The van der Waals surface area contributed by atoms with Gasteiger partial charge in [0.2, 0.25) is 0 Å². The highest BCUT2D eigenvalue weighted by atomic mass is 16.1. The van der Waals surface area contributed by atoms with Gasteiger partial charge in [-0.2, -0.15) is 5.10 Å². The summed E-state index contributed by atoms with van der Waals surface area (Å²) in [6.07, 6.45) is 6.29. The molecule has 1 aliphatic rings. The lowest BCUT2D eigenvalue weighted by atomic mass is 10.00. The first-order valence-corrected chi connectivity index (χ1v) is 4.96. The fourth-order valence-corrected chi connectivity index (χ4v) is 1.73. The van der Waals surface area contributed by atoms with Crippen LogP contribution in [0.4, 0.5) is 0 Å². The van der Waals surface area contributed by atoms with E-state index in [0.29, 0.717) is 12.2 Å². The predicted octanol–water partition coefficient (Wildman–Crippen LogP) is -0.170. The summed E-state index contributed by atoms with van der Waals surface area (Å²) < 4.78 is 1.62. The number of Topliss-reactive ketones (excluding diaryl/α,β-unsaturated/α-hetero) is 1. The van der Waals surface area contributed by atoms with E-state index in [4.69, 9.17) is 5.73 Å². The van der Waals surface area contributed by atoms with E-state index in [-0.39, 0.29) is 17.7 Å². The van der Waals surface area contributed by atoms with Crippen LogP contribution < -0.4 is 5.73 Å². The molecule has 2 N–H and O–H groups in total. The molecule has 5 heteroatoms. The average Bonchev–Trinajstić information content (AvgIpc) is 2.77. The van der Waals surface area contributed by atoms with Crippen molar-refractivity contribution in [3.8, 4) is 0 Å². The van der Waals surface area contributed by atoms with Crippen LogP contribution in [0.25, 0.3) is 0 Å². The summed E-state index contributed by atoms with van der Waals surface area (Å²) in [4.78, 5) is 15.8. The van der Waals surface area contributed by atoms with E-state index in [1.165, 1.54) is 6.33 Å². The van der Waals surface area contributed by atoms with E-state index in [2.05, 4.69) is 10.1 Å². The Bertz CT molecular complexity index is 396. The second-order valence-electron chi connectivity index (χ2n) is 3.83. The van der Waals surface area contributed by atoms with Gasteiger partial charge in [-0.05, 0) is 6.42 Å². The van der Waals surface area contributed by atoms with E-state index in [0.717, 1.165) is 6.42 Å². The van der Waals surface area contributed by atoms with Crippen molar-refractivity contribution >= 4 is 5.78 Å². The molecule has 1 heterocycles. The third-order valence-electron chi connectivity index (χ3n) is 2.67. The third kappa shape index (κ3) is 2.12. The lowest BCUT2D eigenvalue weighted by Crippen LogP contribution is -2.21. The van der Waals surface area contributed by atoms with Gasteiger partial charge in [0.1, 0.15) is 17.9 Å². The first-order chi connectivity index (χ1) is 7.16. The zero-order chi connectivity index (χ0) is 10.8. The van der Waals surface area contributed by atoms with Crippen LogP contribution in [-0.4, -0.2) is 26.6 Å². The summed E-state index contributed by atoms with van der Waals surface area (Å²) in [7, 11) is 1.78. The predicted molar refractivity (Wildman–Crippen MR) is 54.9 cm³/mol. The molecule has 2 atom stereocenters. The number of aryl methyl sites for hydroxylation is 1. The van der Waals surface area contributed by atoms with Crippen LogP contribution in [0.15, 0.2) is 18.5 Å². The molecule has 0 fully saturated rings. The summed E-state index contributed by atoms with van der Waals surface area (Å²) in [5.74, 6) is 0.820. The molecular weight excluding hydrogens is 192 g/mol. The maximum atomic E-state index is 11.8. The maximum Gasteiger partial charge on any atom is 0.147 e. The second kappa shape index (κ2) is 3.94. The Morgan fingerprint density at radius 3 is 3.00 bits per heavy atom. The van der Waals surface area contributed by atoms with E-state index >= 15 is 0 Å². The molecule has 80 valence electrons. The van der Waals surface area contributed by atoms with Crippen LogP contribution in [0.3, 0.4) is 0 Å². The molecule has 5 nitrogen and oxygen atoms in total. The molecule has 0 spiro atoms. The lowest BCUT2D eigenvalue weighted by Gasteiger charge is -2.07. The van der Waals surface area contributed by atoms with E-state index in [1.54, 1.807) is 11.7 Å². The van der Waals surface area contributed by atoms with Gasteiger partial charge < -0.3 is 5.73 Å². The van der Waals surface area contributed by atoms with Crippen molar-refractivity contribution in [2.75, 3.05) is 0 Å². The van der Waals surface area contributed by atoms with Crippen molar-refractivity contribution in [2.24, 2.45) is 18.7 Å². The number of carbonyl (C=O) groups excluding carboxylic acids is 1. The number of carbonyl (C=O) groups is 1. The minimum atomic E-state index is -0.0447. The van der Waals surface area contributed by atoms with Crippen LogP contribution in [0.1, 0.15) is 12.2 Å². The molecule has 2 rings (SSSR count). The molecule has 15 heavy (non-hydrogen) atoms. The highest BCUT2D eigenvalue weighted by molar-refractivity contribution is 5.84. The van der Waals surface area contributed by atoms with Crippen LogP contribution in [0.2, 0.25) is 0 Å². The van der Waals surface area contributed by atoms with Crippen LogP contribution >= 0.6 is 0 Å². The minimum Gasteiger partial charge on any atom is -0.324 e. The molecule has 0 bridgehead atoms. The number of nitrogens with two attached hydrogens (primary N) is 1. The zero-order valence-corrected chi connectivity index (χ0v) is 8.63. The van der Waals surface area contributed by atoms with Crippen LogP contribution in [-0.2, 0) is 18.3 Å². The number of aromatic nitrogens is 3. The number of hydrogen-bond donors (Lipinski definition) is 1. The first kappa shape index (κ1) is 10.0. The van der Waals surface area contributed by atoms with Gasteiger partial charge in [-0.15, -0.1) is 0 Å². The third-order valence-corrected chi connectivity index (χ3v) is 2.67. The van der Waals surface area contributed by atoms with E-state index in [9.17, 15) is 4.79 Å². The number of rotatable bonds is 3. The maximum absolute atomic E-state index is 11.8. The number of nitrogens with zero attached hydrogens (tertiary/aromatic N) is 3. The number of ketones is 1. The SMILES string of the molecule is Cn1ncnc1CC(=O)C1C=CC(N)C1. The van der Waals surface area contributed by atoms with Gasteiger partial charge in [0.25, 0.3) is 0 Å². The molecule has 1 aromatic heterocycles. The average molecular weight is 206 g/mol. The summed E-state index contributed by atoms with van der Waals surface area (Å²) in [5, 5.41) is 3.92. The Morgan fingerprint density at radius 1 is 1.67 bits per heavy atom. The normalized spacial score (nSPS) is 24.7. The highest BCUT2D eigenvalue weighted by Gasteiger charge is 2.23. The van der Waals surface area contributed by atoms with Gasteiger partial charge in [-0.1, -0.05) is 12.2 Å². The Kier molecular flexibility index (Phi) is 2.64. The summed E-state index contributed by atoms with van der Waals surface area (Å²) >= 11 is 0. The molecule has 1 aliphatic carbocycles. The van der Waals surface area contributed by atoms with E-state index < -0.39 is 0 Å². The molecule has 1 aromatic rings. The van der Waals surface area contributed by atoms with Gasteiger partial charge in [0.05, 0.1) is 6.42 Å². The van der Waals surface area contributed by atoms with Crippen LogP contribution in [0.5, 0.6) is 0 Å². The fourth-order valence-electron chi connectivity index (χ4n) is 1.73. The van der Waals surface area contributed by atoms with Crippen molar-refractivity contribution in [1.82, 2.24) is 14.8 Å². The monoisotopic (exact) mass is 206 g/mol. The van der Waals surface area contributed by atoms with E-state index in [1.807, 2.05) is 12.2 Å². The molecule has 0 saturated carbocycles. The fraction of sp³-hybridized carbons (Fsp3) is 0.500. The van der Waals surface area contributed by atoms with Crippen molar-refractivity contribution in [1.29, 1.82) is 0 Å². The quantitative estimate of drug-likeness (QED) is 0.697. The summed E-state index contributed by atoms with van der Waals surface area (Å²) in [6, 6.07) is 0.0263. The Balaban J connectivity index is 1.99. The van der Waals surface area contributed by atoms with Crippen molar-refractivity contribution in [3.05, 3.63) is 24.3 Å². The zero-order valence-electron chi connectivity index (χ0n) is 8.63. The molecule has 0 amide bonds. The largest absolute Gasteiger partial charge is 0.324 e. The minimum absolute atomic E-state index is 0.0263. The van der Waals surface area contributed by atoms with Gasteiger partial charge in [-0.3, -0.25) is 9.48 Å². The second-order valence-corrected chi connectivity index (χ2v) is 3.83. The molecule has 0 radical (unpaired) electrons. The van der Waals surface area contributed by atoms with Crippen LogP contribution in [0, 0.1) is 5.92 Å². The Morgan fingerprint density at radius 2 is 2.47 bits per heavy atom. The molecule has 0 saturated heterocycles. The Labute approximate surface area is 88.0 Å². The summed E-state index contributed by atoms with van der Waals surface area (Å²) in [5.41, 5.74) is 5.69. The first-order valence-electron chi connectivity index (χ1n) is 4.96. The van der Waals surface area contributed by atoms with Crippen molar-refractivity contribution < 1.29 is 4.79 Å². The van der Waals surface area contributed by atoms with Gasteiger partial charge in [-0.25, -0.2) is 4.98 Å². The summed E-state index contributed by atoms with van der Waals surface area (Å²) in [6.45, 7) is 0. The number of allylic oxidation sites excluding steroid dienone is 1. The highest BCUT2D eigenvalue weighted by Crippen LogP contribution is 2.18. The molecule has 2 unspecified atom stereocenters. The molecule has 0 aromatic carbocycles.